The van der Waals surface area contributed by atoms with Gasteiger partial charge in [-0.15, -0.1) is 0 Å². The summed E-state index contributed by atoms with van der Waals surface area (Å²) >= 11 is 0. The molecule has 1 aliphatic rings. The number of hydrogen-bond acceptors (Lipinski definition) is 8. The summed E-state index contributed by atoms with van der Waals surface area (Å²) in [5.74, 6) is 1.52. The van der Waals surface area contributed by atoms with Crippen molar-refractivity contribution < 1.29 is 27.4 Å². The molecule has 196 valence electrons. The number of benzene rings is 3. The fraction of sp³-hybridized carbons (Fsp3) is 0.296. The van der Waals surface area contributed by atoms with Gasteiger partial charge < -0.3 is 18.9 Å². The van der Waals surface area contributed by atoms with Crippen LogP contribution >= 0.6 is 0 Å². The molecular formula is C27H31N3O6S. The van der Waals surface area contributed by atoms with E-state index in [0.717, 1.165) is 34.0 Å². The molecule has 0 bridgehead atoms. The molecule has 0 spiro atoms. The lowest BCUT2D eigenvalue weighted by Crippen LogP contribution is -2.19. The first-order valence-corrected chi connectivity index (χ1v) is 13.4. The van der Waals surface area contributed by atoms with Gasteiger partial charge in [-0.3, -0.25) is 5.01 Å². The summed E-state index contributed by atoms with van der Waals surface area (Å²) in [5.41, 5.74) is 3.69. The van der Waals surface area contributed by atoms with Gasteiger partial charge in [0.05, 0.1) is 35.6 Å². The molecular weight excluding hydrogens is 494 g/mol. The van der Waals surface area contributed by atoms with Gasteiger partial charge in [-0.05, 0) is 71.8 Å². The minimum Gasteiger partial charge on any atom is -0.491 e. The second-order valence-corrected chi connectivity index (χ2v) is 9.99. The Hall–Kier alpha value is -3.44. The van der Waals surface area contributed by atoms with Gasteiger partial charge in [0.25, 0.3) is 0 Å². The van der Waals surface area contributed by atoms with Gasteiger partial charge in [0.2, 0.25) is 10.0 Å². The molecule has 1 unspecified atom stereocenters. The first-order chi connectivity index (χ1) is 17.9. The number of ether oxygens (including phenoxy) is 4. The number of nitrogens with zero attached hydrogens (tertiary/aromatic N) is 2. The number of anilines is 1. The minimum absolute atomic E-state index is 0.0535. The molecule has 1 atom stereocenters. The van der Waals surface area contributed by atoms with E-state index in [2.05, 4.69) is 0 Å². The Labute approximate surface area is 217 Å². The maximum Gasteiger partial charge on any atom is 0.238 e. The molecule has 4 rings (SSSR count). The summed E-state index contributed by atoms with van der Waals surface area (Å²) in [7, 11) is -0.515. The molecule has 9 nitrogen and oxygen atoms in total. The summed E-state index contributed by atoms with van der Waals surface area (Å²) in [6, 6.07) is 22.0. The van der Waals surface area contributed by atoms with Crippen molar-refractivity contribution in [2.75, 3.05) is 45.7 Å². The van der Waals surface area contributed by atoms with Crippen molar-refractivity contribution in [2.24, 2.45) is 10.2 Å². The highest BCUT2D eigenvalue weighted by Crippen LogP contribution is 2.37. The zero-order valence-electron chi connectivity index (χ0n) is 20.9. The third-order valence-electron chi connectivity index (χ3n) is 5.90. The van der Waals surface area contributed by atoms with Gasteiger partial charge in [-0.2, -0.15) is 5.10 Å². The Morgan fingerprint density at radius 2 is 1.35 bits per heavy atom. The van der Waals surface area contributed by atoms with Crippen LogP contribution in [0.4, 0.5) is 5.69 Å². The summed E-state index contributed by atoms with van der Waals surface area (Å²) < 4.78 is 44.9. The van der Waals surface area contributed by atoms with Crippen LogP contribution in [-0.2, 0) is 19.5 Å². The molecule has 37 heavy (non-hydrogen) atoms. The van der Waals surface area contributed by atoms with Crippen LogP contribution in [0.25, 0.3) is 0 Å². The number of hydrazone groups is 1. The number of primary sulfonamides is 1. The molecule has 1 aliphatic heterocycles. The van der Waals surface area contributed by atoms with Crippen LogP contribution < -0.4 is 19.6 Å². The molecule has 0 saturated carbocycles. The van der Waals surface area contributed by atoms with Crippen molar-refractivity contribution in [1.29, 1.82) is 0 Å². The number of hydrogen-bond donors (Lipinski definition) is 1. The number of rotatable bonds is 12. The summed E-state index contributed by atoms with van der Waals surface area (Å²) in [5, 5.41) is 12.1. The van der Waals surface area contributed by atoms with E-state index >= 15 is 0 Å². The van der Waals surface area contributed by atoms with Crippen molar-refractivity contribution in [1.82, 2.24) is 0 Å². The normalized spacial score (nSPS) is 15.5. The third-order valence-corrected chi connectivity index (χ3v) is 6.83. The summed E-state index contributed by atoms with van der Waals surface area (Å²) in [6.07, 6.45) is 0.657. The van der Waals surface area contributed by atoms with Gasteiger partial charge >= 0.3 is 0 Å². The third kappa shape index (κ3) is 6.86. The minimum atomic E-state index is -3.79. The van der Waals surface area contributed by atoms with Gasteiger partial charge in [-0.1, -0.05) is 12.1 Å². The van der Waals surface area contributed by atoms with E-state index in [-0.39, 0.29) is 10.9 Å². The average Bonchev–Trinajstić information content (AvgIpc) is 3.35. The lowest BCUT2D eigenvalue weighted by atomic mass is 9.98. The Bertz CT molecular complexity index is 1290. The number of methoxy groups -OCH3 is 2. The second-order valence-electron chi connectivity index (χ2n) is 8.43. The van der Waals surface area contributed by atoms with Gasteiger partial charge in [0.15, 0.2) is 0 Å². The maximum atomic E-state index is 11.7. The van der Waals surface area contributed by atoms with Crippen molar-refractivity contribution in [3.05, 3.63) is 83.9 Å². The van der Waals surface area contributed by atoms with Crippen LogP contribution in [-0.4, -0.2) is 54.8 Å². The SMILES string of the molecule is COCCOc1ccc(C2=NN(c3ccc(S(N)(=O)=O)cc3)C(c3ccc(OCCOC)cc3)C2)cc1. The Morgan fingerprint density at radius 1 is 0.811 bits per heavy atom. The molecule has 10 heteroatoms. The van der Waals surface area contributed by atoms with E-state index in [9.17, 15) is 8.42 Å². The Kier molecular flexibility index (Phi) is 8.78. The van der Waals surface area contributed by atoms with Crippen molar-refractivity contribution in [3.8, 4) is 11.5 Å². The largest absolute Gasteiger partial charge is 0.491 e. The van der Waals surface area contributed by atoms with E-state index in [1.54, 1.807) is 26.4 Å². The van der Waals surface area contributed by atoms with Gasteiger partial charge in [0.1, 0.15) is 24.7 Å². The number of nitrogens with two attached hydrogens (primary N) is 1. The molecule has 0 radical (unpaired) electrons. The van der Waals surface area contributed by atoms with Crippen LogP contribution in [0.3, 0.4) is 0 Å². The molecule has 0 amide bonds. The fourth-order valence-corrected chi connectivity index (χ4v) is 4.50. The van der Waals surface area contributed by atoms with Crippen LogP contribution in [0.15, 0.2) is 82.8 Å². The predicted octanol–water partition coefficient (Wildman–Crippen LogP) is 3.74. The van der Waals surface area contributed by atoms with Crippen LogP contribution in [0.2, 0.25) is 0 Å². The van der Waals surface area contributed by atoms with E-state index in [4.69, 9.17) is 29.2 Å². The Morgan fingerprint density at radius 3 is 1.86 bits per heavy atom. The highest BCUT2D eigenvalue weighted by molar-refractivity contribution is 7.89. The molecule has 0 aliphatic carbocycles. The number of sulfonamides is 1. The van der Waals surface area contributed by atoms with Crippen molar-refractivity contribution in [2.45, 2.75) is 17.4 Å². The highest BCUT2D eigenvalue weighted by atomic mass is 32.2. The van der Waals surface area contributed by atoms with Gasteiger partial charge in [0, 0.05) is 20.6 Å². The van der Waals surface area contributed by atoms with E-state index in [1.165, 1.54) is 12.1 Å². The van der Waals surface area contributed by atoms with Crippen LogP contribution in [0.5, 0.6) is 11.5 Å². The van der Waals surface area contributed by atoms with Crippen molar-refractivity contribution >= 4 is 21.4 Å². The monoisotopic (exact) mass is 525 g/mol. The molecule has 3 aromatic rings. The molecule has 3 aromatic carbocycles. The average molecular weight is 526 g/mol. The lowest BCUT2D eigenvalue weighted by molar-refractivity contribution is 0.146. The standard InChI is InChI=1S/C27H31N3O6S/c1-33-15-17-35-23-9-3-20(4-10-23)26-19-27(21-5-11-24(12-6-21)36-18-16-34-2)30(29-26)22-7-13-25(14-8-22)37(28,31)32/h3-14,27H,15-19H2,1-2H3,(H2,28,31,32). The first-order valence-electron chi connectivity index (χ1n) is 11.8. The van der Waals surface area contributed by atoms with Crippen molar-refractivity contribution in [3.63, 3.8) is 0 Å². The summed E-state index contributed by atoms with van der Waals surface area (Å²) in [6.45, 7) is 1.98. The predicted molar refractivity (Wildman–Crippen MR) is 142 cm³/mol. The molecule has 0 aromatic heterocycles. The Balaban J connectivity index is 1.60. The zero-order chi connectivity index (χ0) is 26.3. The second kappa shape index (κ2) is 12.2. The molecule has 2 N–H and O–H groups in total. The summed E-state index contributed by atoms with van der Waals surface area (Å²) in [4.78, 5) is 0.0535. The molecule has 1 heterocycles. The van der Waals surface area contributed by atoms with E-state index in [0.29, 0.717) is 32.8 Å². The lowest BCUT2D eigenvalue weighted by Gasteiger charge is -2.24. The quantitative estimate of drug-likeness (QED) is 0.359. The maximum absolute atomic E-state index is 11.7. The van der Waals surface area contributed by atoms with Crippen LogP contribution in [0.1, 0.15) is 23.6 Å². The first kappa shape index (κ1) is 26.6. The van der Waals surface area contributed by atoms with Gasteiger partial charge in [-0.25, -0.2) is 13.6 Å². The van der Waals surface area contributed by atoms with Crippen LogP contribution in [0, 0.1) is 0 Å². The fourth-order valence-electron chi connectivity index (χ4n) is 3.99. The zero-order valence-corrected chi connectivity index (χ0v) is 21.7. The highest BCUT2D eigenvalue weighted by Gasteiger charge is 2.30. The smallest absolute Gasteiger partial charge is 0.238 e. The van der Waals surface area contributed by atoms with E-state index in [1.807, 2.05) is 53.5 Å². The topological polar surface area (TPSA) is 113 Å². The molecule has 0 fully saturated rings. The van der Waals surface area contributed by atoms with E-state index < -0.39 is 10.0 Å². The molecule has 0 saturated heterocycles.